The molecule has 0 aromatic heterocycles. The summed E-state index contributed by atoms with van der Waals surface area (Å²) < 4.78 is 11.5. The molecule has 0 heterocycles. The number of fused-ring (bicyclic) bond motifs is 3. The average molecular weight is 496 g/mol. The summed E-state index contributed by atoms with van der Waals surface area (Å²) in [5.41, 5.74) is 5.15. The van der Waals surface area contributed by atoms with E-state index in [0.29, 0.717) is 15.8 Å². The van der Waals surface area contributed by atoms with Gasteiger partial charge in [0.15, 0.2) is 0 Å². The van der Waals surface area contributed by atoms with Crippen LogP contribution >= 0.6 is 15.9 Å². The van der Waals surface area contributed by atoms with Crippen LogP contribution in [0.15, 0.2) is 71.2 Å². The average Bonchev–Trinajstić information content (AvgIpc) is 3.10. The summed E-state index contributed by atoms with van der Waals surface area (Å²) in [4.78, 5) is 24.0. The van der Waals surface area contributed by atoms with Gasteiger partial charge < -0.3 is 19.9 Å². The predicted octanol–water partition coefficient (Wildman–Crippen LogP) is 5.51. The van der Waals surface area contributed by atoms with Crippen molar-refractivity contribution in [1.82, 2.24) is 5.32 Å². The molecular weight excluding hydrogens is 474 g/mol. The molecule has 1 unspecified atom stereocenters. The van der Waals surface area contributed by atoms with Crippen molar-refractivity contribution in [1.29, 1.82) is 0 Å². The maximum Gasteiger partial charge on any atom is 0.407 e. The number of alkyl carbamates (subject to hydrolysis) is 1. The number of carbonyl (C=O) groups is 2. The Morgan fingerprint density at radius 3 is 2.22 bits per heavy atom. The van der Waals surface area contributed by atoms with Crippen LogP contribution in [0.25, 0.3) is 11.1 Å². The Kier molecular flexibility index (Phi) is 6.46. The quantitative estimate of drug-likeness (QED) is 0.451. The Balaban J connectivity index is 1.48. The third-order valence-electron chi connectivity index (χ3n) is 5.59. The second-order valence-electron chi connectivity index (χ2n) is 7.51. The van der Waals surface area contributed by atoms with Crippen molar-refractivity contribution in [2.24, 2.45) is 0 Å². The number of ether oxygens (including phenoxy) is 2. The Bertz CT molecular complexity index is 1120. The Labute approximate surface area is 194 Å². The fourth-order valence-corrected chi connectivity index (χ4v) is 4.67. The highest BCUT2D eigenvalue weighted by Crippen LogP contribution is 2.44. The lowest BCUT2D eigenvalue weighted by Gasteiger charge is -2.20. The first kappa shape index (κ1) is 21.9. The Morgan fingerprint density at radius 1 is 1.03 bits per heavy atom. The van der Waals surface area contributed by atoms with Gasteiger partial charge in [-0.3, -0.25) is 4.79 Å². The van der Waals surface area contributed by atoms with E-state index in [-0.39, 0.29) is 18.9 Å². The van der Waals surface area contributed by atoms with Gasteiger partial charge in [0.25, 0.3) is 0 Å². The predicted molar refractivity (Wildman–Crippen MR) is 124 cm³/mol. The molecule has 4 rings (SSSR count). The molecule has 164 valence electrons. The summed E-state index contributed by atoms with van der Waals surface area (Å²) in [5.74, 6) is -0.481. The SMILES string of the molecule is COc1ccc(C(CC(=O)O)NC(=O)OCC2c3ccccc3-c3ccccc32)cc1Br. The zero-order chi connectivity index (χ0) is 22.7. The summed E-state index contributed by atoms with van der Waals surface area (Å²) in [7, 11) is 1.55. The van der Waals surface area contributed by atoms with E-state index in [1.807, 2.05) is 36.4 Å². The molecule has 7 heteroatoms. The van der Waals surface area contributed by atoms with Gasteiger partial charge in [0.1, 0.15) is 12.4 Å². The normalized spacial score (nSPS) is 13.1. The topological polar surface area (TPSA) is 84.9 Å². The molecule has 1 aliphatic rings. The number of hydrogen-bond donors (Lipinski definition) is 2. The molecular formula is C25H22BrNO5. The minimum atomic E-state index is -1.03. The van der Waals surface area contributed by atoms with Crippen molar-refractivity contribution in [3.63, 3.8) is 0 Å². The van der Waals surface area contributed by atoms with E-state index >= 15 is 0 Å². The van der Waals surface area contributed by atoms with Gasteiger partial charge in [-0.2, -0.15) is 0 Å². The van der Waals surface area contributed by atoms with Crippen LogP contribution in [0.4, 0.5) is 4.79 Å². The molecule has 6 nitrogen and oxygen atoms in total. The molecule has 0 radical (unpaired) electrons. The minimum Gasteiger partial charge on any atom is -0.496 e. The number of halogens is 1. The van der Waals surface area contributed by atoms with Crippen LogP contribution in [0.1, 0.15) is 35.1 Å². The summed E-state index contributed by atoms with van der Waals surface area (Å²) in [6, 6.07) is 20.6. The summed E-state index contributed by atoms with van der Waals surface area (Å²) in [6.07, 6.45) is -0.937. The van der Waals surface area contributed by atoms with Crippen molar-refractivity contribution in [3.05, 3.63) is 87.9 Å². The highest BCUT2D eigenvalue weighted by atomic mass is 79.9. The van der Waals surface area contributed by atoms with Crippen LogP contribution in [-0.2, 0) is 9.53 Å². The van der Waals surface area contributed by atoms with Gasteiger partial charge in [-0.15, -0.1) is 0 Å². The van der Waals surface area contributed by atoms with Crippen molar-refractivity contribution >= 4 is 28.0 Å². The largest absolute Gasteiger partial charge is 0.496 e. The number of carbonyl (C=O) groups excluding carboxylic acids is 1. The van der Waals surface area contributed by atoms with E-state index in [9.17, 15) is 14.7 Å². The standard InChI is InChI=1S/C25H22BrNO5/c1-31-23-11-10-15(12-21(23)26)22(13-24(28)29)27-25(30)32-14-20-18-8-4-2-6-16(18)17-7-3-5-9-19(17)20/h2-12,20,22H,13-14H2,1H3,(H,27,30)(H,28,29). The van der Waals surface area contributed by atoms with E-state index in [1.54, 1.807) is 25.3 Å². The van der Waals surface area contributed by atoms with E-state index in [1.165, 1.54) is 0 Å². The number of aliphatic carboxylic acids is 1. The third kappa shape index (κ3) is 4.48. The smallest absolute Gasteiger partial charge is 0.407 e. The fourth-order valence-electron chi connectivity index (χ4n) is 4.11. The maximum absolute atomic E-state index is 12.6. The Morgan fingerprint density at radius 2 is 1.66 bits per heavy atom. The van der Waals surface area contributed by atoms with Crippen molar-refractivity contribution in [3.8, 4) is 16.9 Å². The maximum atomic E-state index is 12.6. The molecule has 32 heavy (non-hydrogen) atoms. The molecule has 0 saturated heterocycles. The van der Waals surface area contributed by atoms with Gasteiger partial charge in [0.2, 0.25) is 0 Å². The van der Waals surface area contributed by atoms with Crippen LogP contribution in [0.2, 0.25) is 0 Å². The molecule has 0 saturated carbocycles. The van der Waals surface area contributed by atoms with Gasteiger partial charge >= 0.3 is 12.1 Å². The molecule has 1 aliphatic carbocycles. The second kappa shape index (κ2) is 9.44. The van der Waals surface area contributed by atoms with Crippen molar-refractivity contribution in [2.75, 3.05) is 13.7 Å². The highest BCUT2D eigenvalue weighted by Gasteiger charge is 2.29. The number of carboxylic acids is 1. The van der Waals surface area contributed by atoms with Crippen LogP contribution in [0.3, 0.4) is 0 Å². The first-order valence-electron chi connectivity index (χ1n) is 10.1. The van der Waals surface area contributed by atoms with Crippen molar-refractivity contribution in [2.45, 2.75) is 18.4 Å². The molecule has 3 aromatic carbocycles. The summed E-state index contributed by atoms with van der Waals surface area (Å²) in [5, 5.41) is 12.0. The van der Waals surface area contributed by atoms with Crippen LogP contribution < -0.4 is 10.1 Å². The number of nitrogens with one attached hydrogen (secondary N) is 1. The lowest BCUT2D eigenvalue weighted by atomic mass is 9.98. The molecule has 1 amide bonds. The molecule has 0 fully saturated rings. The molecule has 0 aliphatic heterocycles. The number of hydrogen-bond acceptors (Lipinski definition) is 4. The molecule has 3 aromatic rings. The first-order valence-corrected chi connectivity index (χ1v) is 10.9. The third-order valence-corrected chi connectivity index (χ3v) is 6.21. The zero-order valence-corrected chi connectivity index (χ0v) is 19.0. The molecule has 0 bridgehead atoms. The van der Waals surface area contributed by atoms with Gasteiger partial charge in [-0.05, 0) is 55.9 Å². The number of carboxylic acid groups (broad SMARTS) is 1. The minimum absolute atomic E-state index is 0.0683. The summed E-state index contributed by atoms with van der Waals surface area (Å²) in [6.45, 7) is 0.159. The molecule has 1 atom stereocenters. The van der Waals surface area contributed by atoms with Gasteiger partial charge in [0.05, 0.1) is 24.0 Å². The zero-order valence-electron chi connectivity index (χ0n) is 17.4. The summed E-state index contributed by atoms with van der Waals surface area (Å²) >= 11 is 3.40. The Hall–Kier alpha value is -3.32. The second-order valence-corrected chi connectivity index (χ2v) is 8.37. The van der Waals surface area contributed by atoms with E-state index in [2.05, 4.69) is 33.4 Å². The number of amides is 1. The van der Waals surface area contributed by atoms with E-state index in [0.717, 1.165) is 22.3 Å². The van der Waals surface area contributed by atoms with Gasteiger partial charge in [0, 0.05) is 5.92 Å². The van der Waals surface area contributed by atoms with E-state index in [4.69, 9.17) is 9.47 Å². The lowest BCUT2D eigenvalue weighted by molar-refractivity contribution is -0.137. The highest BCUT2D eigenvalue weighted by molar-refractivity contribution is 9.10. The molecule has 0 spiro atoms. The number of rotatable bonds is 7. The number of methoxy groups -OCH3 is 1. The first-order chi connectivity index (χ1) is 15.5. The van der Waals surface area contributed by atoms with Crippen LogP contribution in [0.5, 0.6) is 5.75 Å². The van der Waals surface area contributed by atoms with Gasteiger partial charge in [-0.1, -0.05) is 54.6 Å². The molecule has 2 N–H and O–H groups in total. The van der Waals surface area contributed by atoms with Crippen LogP contribution in [-0.4, -0.2) is 30.9 Å². The van der Waals surface area contributed by atoms with Gasteiger partial charge in [-0.25, -0.2) is 4.79 Å². The monoisotopic (exact) mass is 495 g/mol. The van der Waals surface area contributed by atoms with Crippen molar-refractivity contribution < 1.29 is 24.2 Å². The lowest BCUT2D eigenvalue weighted by Crippen LogP contribution is -2.31. The van der Waals surface area contributed by atoms with Crippen LogP contribution in [0, 0.1) is 0 Å². The fraction of sp³-hybridized carbons (Fsp3) is 0.200. The number of benzene rings is 3. The van der Waals surface area contributed by atoms with E-state index < -0.39 is 18.1 Å².